The van der Waals surface area contributed by atoms with E-state index in [4.69, 9.17) is 5.11 Å². The number of hydrogen-bond donors (Lipinski definition) is 1. The molecular formula is C12H16BrNO2S. The molecule has 0 bridgehead atoms. The predicted octanol–water partition coefficient (Wildman–Crippen LogP) is 3.20. The van der Waals surface area contributed by atoms with Gasteiger partial charge in [0.2, 0.25) is 0 Å². The molecule has 2 rings (SSSR count). The van der Waals surface area contributed by atoms with Crippen molar-refractivity contribution < 1.29 is 9.90 Å². The zero-order valence-corrected chi connectivity index (χ0v) is 12.0. The summed E-state index contributed by atoms with van der Waals surface area (Å²) in [6.45, 7) is 2.95. The van der Waals surface area contributed by atoms with E-state index in [2.05, 4.69) is 32.3 Å². The normalized spacial score (nSPS) is 21.6. The van der Waals surface area contributed by atoms with Gasteiger partial charge in [-0.1, -0.05) is 0 Å². The Kier molecular flexibility index (Phi) is 4.59. The molecule has 0 spiro atoms. The highest BCUT2D eigenvalue weighted by Crippen LogP contribution is 2.25. The highest BCUT2D eigenvalue weighted by atomic mass is 79.9. The molecular weight excluding hydrogens is 302 g/mol. The number of nitrogens with zero attached hydrogens (tertiary/aromatic N) is 1. The van der Waals surface area contributed by atoms with Gasteiger partial charge >= 0.3 is 5.97 Å². The Labute approximate surface area is 114 Å². The molecule has 3 nitrogen and oxygen atoms in total. The van der Waals surface area contributed by atoms with Crippen LogP contribution in [0.1, 0.15) is 24.8 Å². The molecule has 1 saturated heterocycles. The van der Waals surface area contributed by atoms with Crippen LogP contribution in [-0.4, -0.2) is 29.1 Å². The van der Waals surface area contributed by atoms with Gasteiger partial charge < -0.3 is 5.11 Å². The SMILES string of the molecule is O=C(O)CC1CCCN(Cc2csc(Br)c2)C1. The van der Waals surface area contributed by atoms with E-state index in [1.54, 1.807) is 11.3 Å². The van der Waals surface area contributed by atoms with Crippen molar-refractivity contribution in [1.82, 2.24) is 4.90 Å². The van der Waals surface area contributed by atoms with E-state index < -0.39 is 5.97 Å². The first-order valence-electron chi connectivity index (χ1n) is 5.80. The number of carboxylic acid groups (broad SMARTS) is 1. The fraction of sp³-hybridized carbons (Fsp3) is 0.583. The zero-order valence-electron chi connectivity index (χ0n) is 9.56. The average molecular weight is 318 g/mol. The molecule has 1 N–H and O–H groups in total. The second-order valence-electron chi connectivity index (χ2n) is 4.60. The molecule has 0 saturated carbocycles. The van der Waals surface area contributed by atoms with Crippen LogP contribution in [-0.2, 0) is 11.3 Å². The van der Waals surface area contributed by atoms with Crippen LogP contribution in [0.4, 0.5) is 0 Å². The minimum absolute atomic E-state index is 0.309. The Balaban J connectivity index is 1.87. The average Bonchev–Trinajstić information content (AvgIpc) is 2.63. The van der Waals surface area contributed by atoms with Gasteiger partial charge in [-0.2, -0.15) is 0 Å². The van der Waals surface area contributed by atoms with E-state index in [-0.39, 0.29) is 0 Å². The van der Waals surface area contributed by atoms with Crippen LogP contribution in [0, 0.1) is 5.92 Å². The van der Waals surface area contributed by atoms with Crippen LogP contribution in [0.2, 0.25) is 0 Å². The Morgan fingerprint density at radius 2 is 2.47 bits per heavy atom. The van der Waals surface area contributed by atoms with Crippen molar-refractivity contribution in [3.8, 4) is 0 Å². The standard InChI is InChI=1S/C12H16BrNO2S/c13-11-4-10(8-17-11)7-14-3-1-2-9(6-14)5-12(15)16/h4,8-9H,1-3,5-7H2,(H,15,16). The maximum absolute atomic E-state index is 10.7. The first-order valence-corrected chi connectivity index (χ1v) is 7.48. The number of rotatable bonds is 4. The van der Waals surface area contributed by atoms with E-state index in [1.165, 1.54) is 5.56 Å². The lowest BCUT2D eigenvalue weighted by molar-refractivity contribution is -0.138. The van der Waals surface area contributed by atoms with E-state index >= 15 is 0 Å². The molecule has 2 heterocycles. The van der Waals surface area contributed by atoms with Gasteiger partial charge in [0.15, 0.2) is 0 Å². The molecule has 0 amide bonds. The number of hydrogen-bond acceptors (Lipinski definition) is 3. The topological polar surface area (TPSA) is 40.5 Å². The van der Waals surface area contributed by atoms with Crippen LogP contribution in [0.15, 0.2) is 15.2 Å². The Morgan fingerprint density at radius 3 is 3.12 bits per heavy atom. The Hall–Kier alpha value is -0.390. The molecule has 1 aromatic heterocycles. The number of aliphatic carboxylic acids is 1. The third-order valence-corrected chi connectivity index (χ3v) is 4.65. The van der Waals surface area contributed by atoms with Crippen LogP contribution >= 0.6 is 27.3 Å². The lowest BCUT2D eigenvalue weighted by atomic mass is 9.95. The predicted molar refractivity (Wildman–Crippen MR) is 72.3 cm³/mol. The van der Waals surface area contributed by atoms with Crippen molar-refractivity contribution in [1.29, 1.82) is 0 Å². The van der Waals surface area contributed by atoms with Crippen molar-refractivity contribution in [2.75, 3.05) is 13.1 Å². The molecule has 0 aliphatic carbocycles. The molecule has 1 aliphatic heterocycles. The summed E-state index contributed by atoms with van der Waals surface area (Å²) in [7, 11) is 0. The number of carbonyl (C=O) groups is 1. The van der Waals surface area contributed by atoms with Gasteiger partial charge in [0, 0.05) is 19.5 Å². The third kappa shape index (κ3) is 4.08. The highest BCUT2D eigenvalue weighted by molar-refractivity contribution is 9.11. The summed E-state index contributed by atoms with van der Waals surface area (Å²) >= 11 is 5.16. The molecule has 5 heteroatoms. The van der Waals surface area contributed by atoms with Crippen molar-refractivity contribution in [2.45, 2.75) is 25.8 Å². The molecule has 94 valence electrons. The lowest BCUT2D eigenvalue weighted by Gasteiger charge is -2.31. The third-order valence-electron chi connectivity index (χ3n) is 3.09. The summed E-state index contributed by atoms with van der Waals surface area (Å²) in [4.78, 5) is 13.1. The van der Waals surface area contributed by atoms with Crippen LogP contribution < -0.4 is 0 Å². The molecule has 1 atom stereocenters. The second kappa shape index (κ2) is 5.98. The van der Waals surface area contributed by atoms with E-state index in [1.807, 2.05) is 0 Å². The van der Waals surface area contributed by atoms with Gasteiger partial charge in [0.25, 0.3) is 0 Å². The summed E-state index contributed by atoms with van der Waals surface area (Å²) in [6.07, 6.45) is 2.48. The van der Waals surface area contributed by atoms with Crippen molar-refractivity contribution >= 4 is 33.2 Å². The van der Waals surface area contributed by atoms with Crippen LogP contribution in [0.25, 0.3) is 0 Å². The minimum Gasteiger partial charge on any atom is -0.481 e. The van der Waals surface area contributed by atoms with Gasteiger partial charge in [-0.3, -0.25) is 9.69 Å². The summed E-state index contributed by atoms with van der Waals surface area (Å²) < 4.78 is 1.16. The van der Waals surface area contributed by atoms with Gasteiger partial charge in [0.1, 0.15) is 0 Å². The fourth-order valence-electron chi connectivity index (χ4n) is 2.40. The second-order valence-corrected chi connectivity index (χ2v) is 6.89. The zero-order chi connectivity index (χ0) is 12.3. The summed E-state index contributed by atoms with van der Waals surface area (Å²) in [5.41, 5.74) is 1.32. The van der Waals surface area contributed by atoms with E-state index in [9.17, 15) is 4.79 Å². The van der Waals surface area contributed by atoms with Crippen molar-refractivity contribution in [3.63, 3.8) is 0 Å². The lowest BCUT2D eigenvalue weighted by Crippen LogP contribution is -2.35. The quantitative estimate of drug-likeness (QED) is 0.927. The maximum atomic E-state index is 10.7. The van der Waals surface area contributed by atoms with Gasteiger partial charge in [-0.05, 0) is 58.2 Å². The minimum atomic E-state index is -0.671. The number of carboxylic acids is 1. The molecule has 1 aromatic rings. The van der Waals surface area contributed by atoms with Crippen molar-refractivity contribution in [2.24, 2.45) is 5.92 Å². The Morgan fingerprint density at radius 1 is 1.65 bits per heavy atom. The van der Waals surface area contributed by atoms with Gasteiger partial charge in [0.05, 0.1) is 3.79 Å². The van der Waals surface area contributed by atoms with Crippen LogP contribution in [0.5, 0.6) is 0 Å². The van der Waals surface area contributed by atoms with E-state index in [0.29, 0.717) is 12.3 Å². The van der Waals surface area contributed by atoms with Crippen LogP contribution in [0.3, 0.4) is 0 Å². The first-order chi connectivity index (χ1) is 8.13. The summed E-state index contributed by atoms with van der Waals surface area (Å²) in [6, 6.07) is 2.14. The van der Waals surface area contributed by atoms with Gasteiger partial charge in [-0.25, -0.2) is 0 Å². The van der Waals surface area contributed by atoms with Gasteiger partial charge in [-0.15, -0.1) is 11.3 Å². The fourth-order valence-corrected chi connectivity index (χ4v) is 3.60. The largest absolute Gasteiger partial charge is 0.481 e. The smallest absolute Gasteiger partial charge is 0.303 e. The molecule has 0 aromatic carbocycles. The summed E-state index contributed by atoms with van der Waals surface area (Å²) in [5, 5.41) is 11.0. The summed E-state index contributed by atoms with van der Waals surface area (Å²) in [5.74, 6) is -0.349. The monoisotopic (exact) mass is 317 g/mol. The number of likely N-dealkylation sites (tertiary alicyclic amines) is 1. The molecule has 0 radical (unpaired) electrons. The molecule has 1 aliphatic rings. The Bertz CT molecular complexity index is 394. The first kappa shape index (κ1) is 13.1. The van der Waals surface area contributed by atoms with Crippen molar-refractivity contribution in [3.05, 3.63) is 20.8 Å². The highest BCUT2D eigenvalue weighted by Gasteiger charge is 2.22. The number of halogens is 1. The molecule has 17 heavy (non-hydrogen) atoms. The maximum Gasteiger partial charge on any atom is 0.303 e. The number of thiophene rings is 1. The number of piperidine rings is 1. The molecule has 1 fully saturated rings. The van der Waals surface area contributed by atoms with E-state index in [0.717, 1.165) is 36.3 Å². The molecule has 1 unspecified atom stereocenters.